The van der Waals surface area contributed by atoms with Gasteiger partial charge in [-0.15, -0.1) is 0 Å². The van der Waals surface area contributed by atoms with E-state index in [0.717, 1.165) is 19.3 Å². The van der Waals surface area contributed by atoms with E-state index in [0.29, 0.717) is 5.11 Å². The highest BCUT2D eigenvalue weighted by Gasteiger charge is 1.98. The Labute approximate surface area is 84.3 Å². The second kappa shape index (κ2) is 5.59. The molecule has 0 bridgehead atoms. The maximum Gasteiger partial charge on any atom is 0.184 e. The van der Waals surface area contributed by atoms with Crippen LogP contribution in [0.2, 0.25) is 0 Å². The Kier molecular flexibility index (Phi) is 4.32. The van der Waals surface area contributed by atoms with Crippen LogP contribution < -0.4 is 16.2 Å². The molecule has 3 nitrogen and oxygen atoms in total. The second-order valence-electron chi connectivity index (χ2n) is 2.87. The number of thiocarbonyl (C=S) groups is 1. The van der Waals surface area contributed by atoms with Gasteiger partial charge in [-0.3, -0.25) is 5.43 Å². The highest BCUT2D eigenvalue weighted by Crippen LogP contribution is 2.15. The van der Waals surface area contributed by atoms with Gasteiger partial charge in [-0.05, 0) is 37.1 Å². The van der Waals surface area contributed by atoms with Crippen molar-refractivity contribution in [2.24, 2.45) is 0 Å². The van der Waals surface area contributed by atoms with E-state index in [-0.39, 0.29) is 0 Å². The third kappa shape index (κ3) is 3.94. The van der Waals surface area contributed by atoms with Crippen LogP contribution in [0.3, 0.4) is 0 Å². The van der Waals surface area contributed by atoms with Gasteiger partial charge in [0.2, 0.25) is 0 Å². The molecule has 0 amide bonds. The van der Waals surface area contributed by atoms with Gasteiger partial charge in [0.05, 0.1) is 0 Å². The molecule has 0 aromatic carbocycles. The molecule has 0 aliphatic heterocycles. The maximum atomic E-state index is 4.89. The van der Waals surface area contributed by atoms with Crippen molar-refractivity contribution in [3.05, 3.63) is 23.9 Å². The van der Waals surface area contributed by atoms with Crippen LogP contribution in [0.4, 0.5) is 0 Å². The normalized spacial score (nSPS) is 18.4. The fourth-order valence-corrected chi connectivity index (χ4v) is 1.18. The molecule has 0 unspecified atom stereocenters. The van der Waals surface area contributed by atoms with Crippen molar-refractivity contribution < 1.29 is 0 Å². The molecule has 0 saturated heterocycles. The van der Waals surface area contributed by atoms with Crippen LogP contribution in [0.5, 0.6) is 0 Å². The second-order valence-corrected chi connectivity index (χ2v) is 3.27. The summed E-state index contributed by atoms with van der Waals surface area (Å²) in [6.07, 6.45) is 9.70. The van der Waals surface area contributed by atoms with Gasteiger partial charge in [0.1, 0.15) is 0 Å². The topological polar surface area (TPSA) is 36.1 Å². The van der Waals surface area contributed by atoms with Crippen LogP contribution >= 0.6 is 12.2 Å². The fraction of sp³-hybridized carbons (Fsp3) is 0.444. The first kappa shape index (κ1) is 10.1. The molecule has 0 radical (unpaired) electrons. The SMILES string of the molecule is CNC(=S)NNC=C1CC=CCC1. The highest BCUT2D eigenvalue weighted by atomic mass is 32.1. The van der Waals surface area contributed by atoms with E-state index >= 15 is 0 Å². The smallest absolute Gasteiger partial charge is 0.184 e. The number of nitrogens with one attached hydrogen (secondary N) is 3. The molecule has 0 spiro atoms. The summed E-state index contributed by atoms with van der Waals surface area (Å²) in [4.78, 5) is 0. The average molecular weight is 197 g/mol. The van der Waals surface area contributed by atoms with Gasteiger partial charge >= 0.3 is 0 Å². The molecule has 1 aliphatic rings. The molecular weight excluding hydrogens is 182 g/mol. The van der Waals surface area contributed by atoms with Crippen molar-refractivity contribution in [1.29, 1.82) is 0 Å². The first-order valence-electron chi connectivity index (χ1n) is 4.39. The summed E-state index contributed by atoms with van der Waals surface area (Å²) in [5, 5.41) is 3.42. The average Bonchev–Trinajstić information content (AvgIpc) is 2.19. The number of rotatable bonds is 2. The van der Waals surface area contributed by atoms with Crippen LogP contribution in [0.15, 0.2) is 23.9 Å². The van der Waals surface area contributed by atoms with E-state index < -0.39 is 0 Å². The largest absolute Gasteiger partial charge is 0.364 e. The summed E-state index contributed by atoms with van der Waals surface area (Å²) < 4.78 is 0. The number of hydrazine groups is 1. The van der Waals surface area contributed by atoms with Gasteiger partial charge in [-0.25, -0.2) is 0 Å². The van der Waals surface area contributed by atoms with Crippen LogP contribution in [-0.2, 0) is 0 Å². The molecule has 0 atom stereocenters. The standard InChI is InChI=1S/C9H15N3S/c1-10-9(13)12-11-7-8-5-3-2-4-6-8/h2-3,7,11H,4-6H2,1H3,(H2,10,12,13). The predicted molar refractivity (Wildman–Crippen MR) is 59.0 cm³/mol. The Morgan fingerprint density at radius 3 is 3.00 bits per heavy atom. The van der Waals surface area contributed by atoms with Crippen molar-refractivity contribution in [2.75, 3.05) is 7.05 Å². The molecule has 1 aliphatic carbocycles. The van der Waals surface area contributed by atoms with E-state index in [9.17, 15) is 0 Å². The van der Waals surface area contributed by atoms with Crippen LogP contribution in [-0.4, -0.2) is 12.2 Å². The van der Waals surface area contributed by atoms with Crippen molar-refractivity contribution in [3.8, 4) is 0 Å². The molecule has 3 N–H and O–H groups in total. The molecule has 1 rings (SSSR count). The van der Waals surface area contributed by atoms with Crippen LogP contribution in [0.1, 0.15) is 19.3 Å². The summed E-state index contributed by atoms with van der Waals surface area (Å²) in [7, 11) is 1.79. The zero-order valence-electron chi connectivity index (χ0n) is 7.76. The minimum Gasteiger partial charge on any atom is -0.364 e. The molecule has 4 heteroatoms. The molecule has 0 aromatic heterocycles. The molecule has 72 valence electrons. The zero-order chi connectivity index (χ0) is 9.52. The molecule has 0 heterocycles. The van der Waals surface area contributed by atoms with Crippen molar-refractivity contribution in [2.45, 2.75) is 19.3 Å². The highest BCUT2D eigenvalue weighted by molar-refractivity contribution is 7.80. The minimum absolute atomic E-state index is 0.600. The monoisotopic (exact) mass is 197 g/mol. The molecule has 13 heavy (non-hydrogen) atoms. The summed E-state index contributed by atoms with van der Waals surface area (Å²) in [6.45, 7) is 0. The van der Waals surface area contributed by atoms with Crippen LogP contribution in [0.25, 0.3) is 0 Å². The lowest BCUT2D eigenvalue weighted by atomic mass is 10.0. The van der Waals surface area contributed by atoms with E-state index in [1.54, 1.807) is 7.05 Å². The van der Waals surface area contributed by atoms with E-state index in [1.807, 2.05) is 6.20 Å². The summed E-state index contributed by atoms with van der Waals surface area (Å²) in [5.74, 6) is 0. The first-order valence-corrected chi connectivity index (χ1v) is 4.80. The summed E-state index contributed by atoms with van der Waals surface area (Å²) in [5.41, 5.74) is 7.20. The van der Waals surface area contributed by atoms with Crippen molar-refractivity contribution >= 4 is 17.3 Å². The lowest BCUT2D eigenvalue weighted by Crippen LogP contribution is -2.39. The number of hydrogen-bond donors (Lipinski definition) is 3. The van der Waals surface area contributed by atoms with Gasteiger partial charge in [-0.1, -0.05) is 12.2 Å². The van der Waals surface area contributed by atoms with Gasteiger partial charge in [-0.2, -0.15) is 0 Å². The number of hydrogen-bond acceptors (Lipinski definition) is 2. The minimum atomic E-state index is 0.600. The quantitative estimate of drug-likeness (QED) is 0.353. The Morgan fingerprint density at radius 1 is 1.54 bits per heavy atom. The van der Waals surface area contributed by atoms with E-state index in [4.69, 9.17) is 12.2 Å². The van der Waals surface area contributed by atoms with Crippen molar-refractivity contribution in [1.82, 2.24) is 16.2 Å². The lowest BCUT2D eigenvalue weighted by Gasteiger charge is -2.10. The third-order valence-electron chi connectivity index (χ3n) is 1.87. The van der Waals surface area contributed by atoms with E-state index in [1.165, 1.54) is 5.57 Å². The Hall–Kier alpha value is -1.03. The van der Waals surface area contributed by atoms with Gasteiger partial charge in [0.25, 0.3) is 0 Å². The fourth-order valence-electron chi connectivity index (χ4n) is 1.12. The third-order valence-corrected chi connectivity index (χ3v) is 2.17. The van der Waals surface area contributed by atoms with Crippen molar-refractivity contribution in [3.63, 3.8) is 0 Å². The van der Waals surface area contributed by atoms with Gasteiger partial charge in [0, 0.05) is 13.2 Å². The summed E-state index contributed by atoms with van der Waals surface area (Å²) >= 11 is 4.89. The van der Waals surface area contributed by atoms with Gasteiger partial charge < -0.3 is 10.7 Å². The molecule has 0 fully saturated rings. The van der Waals surface area contributed by atoms with E-state index in [2.05, 4.69) is 28.3 Å². The maximum absolute atomic E-state index is 4.89. The Bertz CT molecular complexity index is 233. The number of allylic oxidation sites excluding steroid dienone is 3. The molecule has 0 aromatic rings. The summed E-state index contributed by atoms with van der Waals surface area (Å²) in [6, 6.07) is 0. The van der Waals surface area contributed by atoms with Crippen LogP contribution in [0, 0.1) is 0 Å². The predicted octanol–water partition coefficient (Wildman–Crippen LogP) is 1.21. The first-order chi connectivity index (χ1) is 6.33. The van der Waals surface area contributed by atoms with Gasteiger partial charge in [0.15, 0.2) is 5.11 Å². The zero-order valence-corrected chi connectivity index (χ0v) is 8.58. The Morgan fingerprint density at radius 2 is 2.38 bits per heavy atom. The Balaban J connectivity index is 2.23. The lowest BCUT2D eigenvalue weighted by molar-refractivity contribution is 0.774. The molecular formula is C9H15N3S. The molecule has 0 saturated carbocycles.